The second kappa shape index (κ2) is 7.40. The molecule has 1 aromatic heterocycles. The number of aromatic nitrogens is 1. The Kier molecular flexibility index (Phi) is 5.31. The molecule has 3 rings (SSSR count). The molecule has 0 atom stereocenters. The Labute approximate surface area is 170 Å². The molecule has 0 radical (unpaired) electrons. The summed E-state index contributed by atoms with van der Waals surface area (Å²) in [5.41, 5.74) is 0.936. The van der Waals surface area contributed by atoms with Crippen LogP contribution in [-0.2, 0) is 19.6 Å². The number of carbonyl (C=O) groups is 2. The van der Waals surface area contributed by atoms with Crippen molar-refractivity contribution in [1.29, 1.82) is 0 Å². The van der Waals surface area contributed by atoms with E-state index in [1.165, 1.54) is 19.2 Å². The van der Waals surface area contributed by atoms with Crippen LogP contribution < -0.4 is 4.74 Å². The van der Waals surface area contributed by atoms with E-state index in [4.69, 9.17) is 4.74 Å². The van der Waals surface area contributed by atoms with Crippen molar-refractivity contribution in [2.75, 3.05) is 14.2 Å². The first-order valence-electron chi connectivity index (χ1n) is 8.04. The molecule has 1 heterocycles. The van der Waals surface area contributed by atoms with Gasteiger partial charge in [0.25, 0.3) is 15.8 Å². The smallest absolute Gasteiger partial charge is 0.379 e. The predicted octanol–water partition coefficient (Wildman–Crippen LogP) is 3.31. The lowest BCUT2D eigenvalue weighted by Crippen LogP contribution is -2.16. The number of halogens is 1. The quantitative estimate of drug-likeness (QED) is 0.326. The van der Waals surface area contributed by atoms with Crippen LogP contribution in [0, 0.1) is 6.92 Å². The Morgan fingerprint density at radius 2 is 1.68 bits per heavy atom. The van der Waals surface area contributed by atoms with E-state index in [9.17, 15) is 18.0 Å². The van der Waals surface area contributed by atoms with Crippen molar-refractivity contribution in [2.24, 2.45) is 0 Å². The number of carbonyl (C=O) groups excluding carboxylic acids is 2. The lowest BCUT2D eigenvalue weighted by molar-refractivity contribution is -0.135. The summed E-state index contributed by atoms with van der Waals surface area (Å²) < 4.78 is 37.8. The molecule has 7 nitrogen and oxygen atoms in total. The molecular formula is C19H16BrNO6S. The zero-order valence-electron chi connectivity index (χ0n) is 15.2. The summed E-state index contributed by atoms with van der Waals surface area (Å²) in [7, 11) is -1.59. The molecule has 0 aliphatic carbocycles. The number of nitrogens with zero attached hydrogens (tertiary/aromatic N) is 1. The fraction of sp³-hybridized carbons (Fsp3) is 0.158. The summed E-state index contributed by atoms with van der Waals surface area (Å²) in [5.74, 6) is -1.82. The summed E-state index contributed by atoms with van der Waals surface area (Å²) in [6.45, 7) is 1.84. The molecule has 0 bridgehead atoms. The van der Waals surface area contributed by atoms with Gasteiger partial charge in [-0.25, -0.2) is 17.2 Å². The predicted molar refractivity (Wildman–Crippen MR) is 106 cm³/mol. The van der Waals surface area contributed by atoms with Gasteiger partial charge in [0.05, 0.1) is 24.7 Å². The lowest BCUT2D eigenvalue weighted by atomic mass is 10.1. The van der Waals surface area contributed by atoms with Crippen molar-refractivity contribution < 1.29 is 27.5 Å². The first-order valence-corrected chi connectivity index (χ1v) is 10.3. The maximum atomic E-state index is 13.3. The topological polar surface area (TPSA) is 91.7 Å². The number of hydrogen-bond acceptors (Lipinski definition) is 6. The van der Waals surface area contributed by atoms with E-state index < -0.39 is 21.8 Å². The number of ether oxygens (including phenoxy) is 2. The minimum Gasteiger partial charge on any atom is -0.495 e. The van der Waals surface area contributed by atoms with Crippen LogP contribution in [-0.4, -0.2) is 38.4 Å². The summed E-state index contributed by atoms with van der Waals surface area (Å²) in [6.07, 6.45) is 1.12. The van der Waals surface area contributed by atoms with E-state index in [1.807, 2.05) is 6.92 Å². The van der Waals surface area contributed by atoms with Gasteiger partial charge in [0.1, 0.15) is 11.3 Å². The third kappa shape index (κ3) is 3.20. The van der Waals surface area contributed by atoms with Gasteiger partial charge in [0.2, 0.25) is 0 Å². The fourth-order valence-corrected chi connectivity index (χ4v) is 4.73. The zero-order chi connectivity index (χ0) is 20.6. The van der Waals surface area contributed by atoms with E-state index in [0.29, 0.717) is 4.47 Å². The highest BCUT2D eigenvalue weighted by molar-refractivity contribution is 9.10. The summed E-state index contributed by atoms with van der Waals surface area (Å²) >= 11 is 3.33. The highest BCUT2D eigenvalue weighted by Gasteiger charge is 2.30. The van der Waals surface area contributed by atoms with Gasteiger partial charge in [-0.05, 0) is 31.2 Å². The summed E-state index contributed by atoms with van der Waals surface area (Å²) in [5, 5.41) is 0.241. The molecule has 0 spiro atoms. The minimum atomic E-state index is -4.07. The van der Waals surface area contributed by atoms with Crippen molar-refractivity contribution in [2.45, 2.75) is 11.8 Å². The molecule has 0 saturated heterocycles. The largest absolute Gasteiger partial charge is 0.495 e. The molecule has 0 N–H and O–H groups in total. The average molecular weight is 466 g/mol. The van der Waals surface area contributed by atoms with E-state index in [1.54, 1.807) is 24.3 Å². The van der Waals surface area contributed by atoms with Gasteiger partial charge >= 0.3 is 5.97 Å². The molecule has 2 aromatic carbocycles. The molecule has 0 aliphatic rings. The third-order valence-corrected chi connectivity index (χ3v) is 6.57. The Hall–Kier alpha value is -2.65. The second-order valence-corrected chi connectivity index (χ2v) is 8.62. The van der Waals surface area contributed by atoms with Gasteiger partial charge in [-0.3, -0.25) is 4.79 Å². The number of Topliss-reactive ketones (excluding diaryl/α,β-unsaturated/α-hetero) is 1. The van der Waals surface area contributed by atoms with Crippen LogP contribution in [0.3, 0.4) is 0 Å². The normalized spacial score (nSPS) is 11.4. The standard InChI is InChI=1S/C19H16BrNO6S/c1-11-4-6-12(7-5-11)28(24,25)21-10-13(18(22)19(23)27-3)16-14(20)8-9-15(26-2)17(16)21/h4-10H,1-3H3. The van der Waals surface area contributed by atoms with Crippen molar-refractivity contribution in [3.05, 3.63) is 58.2 Å². The van der Waals surface area contributed by atoms with Gasteiger partial charge in [0, 0.05) is 16.1 Å². The monoisotopic (exact) mass is 465 g/mol. The lowest BCUT2D eigenvalue weighted by Gasteiger charge is -2.11. The Bertz CT molecular complexity index is 1200. The molecule has 0 aliphatic heterocycles. The molecule has 0 saturated carbocycles. The third-order valence-electron chi connectivity index (χ3n) is 4.24. The van der Waals surface area contributed by atoms with Crippen molar-refractivity contribution in [3.8, 4) is 5.75 Å². The fourth-order valence-electron chi connectivity index (χ4n) is 2.82. The van der Waals surface area contributed by atoms with E-state index >= 15 is 0 Å². The maximum Gasteiger partial charge on any atom is 0.379 e. The SMILES string of the molecule is COC(=O)C(=O)c1cn(S(=O)(=O)c2ccc(C)cc2)c2c(OC)ccc(Br)c12. The highest BCUT2D eigenvalue weighted by atomic mass is 79.9. The average Bonchev–Trinajstić information content (AvgIpc) is 3.10. The zero-order valence-corrected chi connectivity index (χ0v) is 17.6. The minimum absolute atomic E-state index is 0.0362. The van der Waals surface area contributed by atoms with Crippen molar-refractivity contribution in [1.82, 2.24) is 3.97 Å². The van der Waals surface area contributed by atoms with Crippen molar-refractivity contribution in [3.63, 3.8) is 0 Å². The van der Waals surface area contributed by atoms with E-state index in [-0.39, 0.29) is 27.1 Å². The number of rotatable bonds is 5. The molecular weight excluding hydrogens is 450 g/mol. The van der Waals surface area contributed by atoms with Crippen LogP contribution >= 0.6 is 15.9 Å². The van der Waals surface area contributed by atoms with Crippen molar-refractivity contribution >= 4 is 48.6 Å². The van der Waals surface area contributed by atoms with Crippen LogP contribution in [0.15, 0.2) is 52.0 Å². The van der Waals surface area contributed by atoms with Crippen LogP contribution in [0.25, 0.3) is 10.9 Å². The Morgan fingerprint density at radius 3 is 2.25 bits per heavy atom. The molecule has 9 heteroatoms. The molecule has 0 unspecified atom stereocenters. The van der Waals surface area contributed by atoms with Crippen LogP contribution in [0.4, 0.5) is 0 Å². The Morgan fingerprint density at radius 1 is 1.04 bits per heavy atom. The van der Waals surface area contributed by atoms with E-state index in [2.05, 4.69) is 20.7 Å². The van der Waals surface area contributed by atoms with Crippen LogP contribution in [0.1, 0.15) is 15.9 Å². The van der Waals surface area contributed by atoms with Gasteiger partial charge in [-0.1, -0.05) is 33.6 Å². The second-order valence-electron chi connectivity index (χ2n) is 5.95. The number of fused-ring (bicyclic) bond motifs is 1. The van der Waals surface area contributed by atoms with Gasteiger partial charge < -0.3 is 9.47 Å². The molecule has 146 valence electrons. The number of ketones is 1. The molecule has 28 heavy (non-hydrogen) atoms. The number of benzene rings is 2. The van der Waals surface area contributed by atoms with E-state index in [0.717, 1.165) is 22.8 Å². The summed E-state index contributed by atoms with van der Waals surface area (Å²) in [4.78, 5) is 24.4. The highest BCUT2D eigenvalue weighted by Crippen LogP contribution is 2.37. The first-order chi connectivity index (χ1) is 13.2. The molecule has 0 amide bonds. The summed E-state index contributed by atoms with van der Waals surface area (Å²) in [6, 6.07) is 9.47. The van der Waals surface area contributed by atoms with Gasteiger partial charge in [-0.15, -0.1) is 0 Å². The molecule has 0 fully saturated rings. The maximum absolute atomic E-state index is 13.3. The van der Waals surface area contributed by atoms with Crippen LogP contribution in [0.5, 0.6) is 5.75 Å². The number of methoxy groups -OCH3 is 2. The number of hydrogen-bond donors (Lipinski definition) is 0. The Balaban J connectivity index is 2.40. The van der Waals surface area contributed by atoms with Gasteiger partial charge in [-0.2, -0.15) is 0 Å². The first kappa shape index (κ1) is 20.1. The van der Waals surface area contributed by atoms with Gasteiger partial charge in [0.15, 0.2) is 0 Å². The number of esters is 1. The molecule has 3 aromatic rings. The van der Waals surface area contributed by atoms with Crippen LogP contribution in [0.2, 0.25) is 0 Å². The number of aryl methyl sites for hydroxylation is 1.